The lowest BCUT2D eigenvalue weighted by Crippen LogP contribution is -2.58. The Morgan fingerprint density at radius 1 is 1.25 bits per heavy atom. The molecule has 3 rings (SSSR count). The van der Waals surface area contributed by atoms with Gasteiger partial charge in [-0.15, -0.1) is 0 Å². The highest BCUT2D eigenvalue weighted by Crippen LogP contribution is 2.35. The smallest absolute Gasteiger partial charge is 0.0247 e. The molecular weight excluding hydrogens is 312 g/mol. The summed E-state index contributed by atoms with van der Waals surface area (Å²) in [6.45, 7) is 8.14. The molecule has 2 aliphatic rings. The minimum Gasteiger partial charge on any atom is -0.311 e. The first kappa shape index (κ1) is 14.6. The van der Waals surface area contributed by atoms with Crippen LogP contribution in [-0.4, -0.2) is 30.1 Å². The lowest BCUT2D eigenvalue weighted by atomic mass is 9.96. The summed E-state index contributed by atoms with van der Waals surface area (Å²) in [6.07, 6.45) is 2.85. The Balaban J connectivity index is 1.69. The number of nitrogens with one attached hydrogen (secondary N) is 1. The Hall–Kier alpha value is -0.380. The summed E-state index contributed by atoms with van der Waals surface area (Å²) >= 11 is 3.52. The van der Waals surface area contributed by atoms with Gasteiger partial charge in [-0.2, -0.15) is 0 Å². The van der Waals surface area contributed by atoms with Gasteiger partial charge in [-0.25, -0.2) is 0 Å². The van der Waals surface area contributed by atoms with Gasteiger partial charge in [0.1, 0.15) is 0 Å². The van der Waals surface area contributed by atoms with Gasteiger partial charge in [0.2, 0.25) is 0 Å². The van der Waals surface area contributed by atoms with E-state index in [0.717, 1.165) is 29.5 Å². The topological polar surface area (TPSA) is 15.3 Å². The zero-order chi connectivity index (χ0) is 14.1. The van der Waals surface area contributed by atoms with Crippen LogP contribution in [0.2, 0.25) is 0 Å². The lowest BCUT2D eigenvalue weighted by Gasteiger charge is -2.42. The molecule has 1 saturated heterocycles. The first-order valence-corrected chi connectivity index (χ1v) is 8.64. The van der Waals surface area contributed by atoms with Gasteiger partial charge in [-0.3, -0.25) is 4.90 Å². The number of hydrogen-bond donors (Lipinski definition) is 1. The van der Waals surface area contributed by atoms with E-state index in [0.29, 0.717) is 12.0 Å². The van der Waals surface area contributed by atoms with Crippen molar-refractivity contribution in [2.24, 2.45) is 11.8 Å². The molecule has 1 aliphatic carbocycles. The maximum absolute atomic E-state index is 3.79. The second kappa shape index (κ2) is 6.17. The first-order valence-electron chi connectivity index (χ1n) is 7.85. The van der Waals surface area contributed by atoms with E-state index in [-0.39, 0.29) is 0 Å². The normalized spacial score (nSPS) is 28.0. The molecule has 2 unspecified atom stereocenters. The van der Waals surface area contributed by atoms with Gasteiger partial charge in [-0.1, -0.05) is 41.9 Å². The van der Waals surface area contributed by atoms with Crippen LogP contribution in [0.1, 0.15) is 32.3 Å². The summed E-state index contributed by atoms with van der Waals surface area (Å²) in [5, 5.41) is 3.79. The van der Waals surface area contributed by atoms with E-state index < -0.39 is 0 Å². The number of nitrogens with zero attached hydrogens (tertiary/aromatic N) is 1. The maximum Gasteiger partial charge on any atom is 0.0247 e. The summed E-state index contributed by atoms with van der Waals surface area (Å²) in [5.74, 6) is 1.65. The predicted octanol–water partition coefficient (Wildman–Crippen LogP) is 3.66. The fraction of sp³-hybridized carbons (Fsp3) is 0.647. The van der Waals surface area contributed by atoms with E-state index in [1.807, 2.05) is 0 Å². The van der Waals surface area contributed by atoms with E-state index in [1.54, 1.807) is 0 Å². The minimum absolute atomic E-state index is 0.661. The third-order valence-electron chi connectivity index (χ3n) is 4.75. The Morgan fingerprint density at radius 2 is 1.95 bits per heavy atom. The van der Waals surface area contributed by atoms with Crippen molar-refractivity contribution in [3.63, 3.8) is 0 Å². The van der Waals surface area contributed by atoms with Crippen LogP contribution in [0.4, 0.5) is 0 Å². The Morgan fingerprint density at radius 3 is 2.55 bits per heavy atom. The molecule has 0 aromatic heterocycles. The van der Waals surface area contributed by atoms with E-state index in [4.69, 9.17) is 0 Å². The van der Waals surface area contributed by atoms with Crippen molar-refractivity contribution in [2.75, 3.05) is 13.1 Å². The van der Waals surface area contributed by atoms with Crippen LogP contribution in [0.25, 0.3) is 0 Å². The monoisotopic (exact) mass is 336 g/mol. The van der Waals surface area contributed by atoms with Gasteiger partial charge in [0, 0.05) is 36.2 Å². The van der Waals surface area contributed by atoms with Gasteiger partial charge in [0.15, 0.2) is 0 Å². The molecule has 0 radical (unpaired) electrons. The predicted molar refractivity (Wildman–Crippen MR) is 87.7 cm³/mol. The quantitative estimate of drug-likeness (QED) is 0.902. The zero-order valence-corrected chi connectivity index (χ0v) is 14.1. The van der Waals surface area contributed by atoms with Crippen LogP contribution in [0.5, 0.6) is 0 Å². The molecule has 20 heavy (non-hydrogen) atoms. The number of piperazine rings is 1. The largest absolute Gasteiger partial charge is 0.311 e. The molecule has 1 aliphatic heterocycles. The van der Waals surface area contributed by atoms with Crippen molar-refractivity contribution >= 4 is 15.9 Å². The molecule has 2 fully saturated rings. The van der Waals surface area contributed by atoms with E-state index >= 15 is 0 Å². The van der Waals surface area contributed by atoms with Crippen molar-refractivity contribution in [3.8, 4) is 0 Å². The van der Waals surface area contributed by atoms with E-state index in [1.165, 1.54) is 24.9 Å². The third-order valence-corrected chi connectivity index (χ3v) is 5.28. The van der Waals surface area contributed by atoms with Crippen LogP contribution < -0.4 is 5.32 Å². The molecule has 1 aromatic carbocycles. The molecule has 0 amide bonds. The van der Waals surface area contributed by atoms with Gasteiger partial charge in [-0.05, 0) is 42.4 Å². The standard InChI is InChI=1S/C17H25BrN2/c1-12(2)17-9-19-16(14-5-6-14)11-20(17)10-13-3-7-15(18)8-4-13/h3-4,7-8,12,14,16-17,19H,5-6,9-11H2,1-2H3. The molecule has 1 aromatic rings. The van der Waals surface area contributed by atoms with Crippen LogP contribution in [0, 0.1) is 11.8 Å². The van der Waals surface area contributed by atoms with Gasteiger partial charge < -0.3 is 5.32 Å². The van der Waals surface area contributed by atoms with Crippen molar-refractivity contribution in [3.05, 3.63) is 34.3 Å². The Kier molecular flexibility index (Phi) is 4.49. The average Bonchev–Trinajstić information content (AvgIpc) is 3.25. The van der Waals surface area contributed by atoms with E-state index in [2.05, 4.69) is 64.3 Å². The van der Waals surface area contributed by atoms with Gasteiger partial charge in [0.05, 0.1) is 0 Å². The molecule has 0 bridgehead atoms. The Bertz CT molecular complexity index is 439. The highest BCUT2D eigenvalue weighted by Gasteiger charge is 2.37. The number of hydrogen-bond acceptors (Lipinski definition) is 2. The molecule has 1 N–H and O–H groups in total. The molecule has 3 heteroatoms. The molecule has 110 valence electrons. The van der Waals surface area contributed by atoms with E-state index in [9.17, 15) is 0 Å². The number of halogens is 1. The molecule has 2 atom stereocenters. The summed E-state index contributed by atoms with van der Waals surface area (Å²) in [5.41, 5.74) is 1.43. The second-order valence-corrected chi connectivity index (χ2v) is 7.64. The summed E-state index contributed by atoms with van der Waals surface area (Å²) in [6, 6.07) is 10.2. The zero-order valence-electron chi connectivity index (χ0n) is 12.5. The highest BCUT2D eigenvalue weighted by molar-refractivity contribution is 9.10. The fourth-order valence-electron chi connectivity index (χ4n) is 3.33. The van der Waals surface area contributed by atoms with Crippen molar-refractivity contribution in [1.82, 2.24) is 10.2 Å². The lowest BCUT2D eigenvalue weighted by molar-refractivity contribution is 0.0852. The second-order valence-electron chi connectivity index (χ2n) is 6.72. The maximum atomic E-state index is 3.79. The third kappa shape index (κ3) is 3.44. The van der Waals surface area contributed by atoms with Crippen LogP contribution in [0.15, 0.2) is 28.7 Å². The SMILES string of the molecule is CC(C)C1CNC(C2CC2)CN1Cc1ccc(Br)cc1. The van der Waals surface area contributed by atoms with Gasteiger partial charge in [0.25, 0.3) is 0 Å². The molecule has 1 heterocycles. The van der Waals surface area contributed by atoms with Crippen LogP contribution in [-0.2, 0) is 6.54 Å². The summed E-state index contributed by atoms with van der Waals surface area (Å²) in [4.78, 5) is 2.70. The molecule has 0 spiro atoms. The van der Waals surface area contributed by atoms with Crippen molar-refractivity contribution in [1.29, 1.82) is 0 Å². The first-order chi connectivity index (χ1) is 9.63. The van der Waals surface area contributed by atoms with Crippen LogP contribution in [0.3, 0.4) is 0 Å². The Labute approximate surface area is 131 Å². The fourth-order valence-corrected chi connectivity index (χ4v) is 3.60. The van der Waals surface area contributed by atoms with Crippen LogP contribution >= 0.6 is 15.9 Å². The summed E-state index contributed by atoms with van der Waals surface area (Å²) in [7, 11) is 0. The van der Waals surface area contributed by atoms with Gasteiger partial charge >= 0.3 is 0 Å². The average molecular weight is 337 g/mol. The molecule has 2 nitrogen and oxygen atoms in total. The molecule has 1 saturated carbocycles. The van der Waals surface area contributed by atoms with Crippen molar-refractivity contribution in [2.45, 2.75) is 45.3 Å². The minimum atomic E-state index is 0.661. The highest BCUT2D eigenvalue weighted by atomic mass is 79.9. The molecular formula is C17H25BrN2. The van der Waals surface area contributed by atoms with Crippen molar-refractivity contribution < 1.29 is 0 Å². The number of benzene rings is 1. The summed E-state index contributed by atoms with van der Waals surface area (Å²) < 4.78 is 1.16. The number of rotatable bonds is 4.